The number of carbonyl (C=O) groups is 1. The second kappa shape index (κ2) is 6.37. The Morgan fingerprint density at radius 1 is 1.50 bits per heavy atom. The summed E-state index contributed by atoms with van der Waals surface area (Å²) in [6.07, 6.45) is -2.83. The average molecular weight is 335 g/mol. The second-order valence-corrected chi connectivity index (χ2v) is 6.46. The van der Waals surface area contributed by atoms with E-state index in [1.54, 1.807) is 6.07 Å². The van der Waals surface area contributed by atoms with Crippen LogP contribution in [0.4, 0.5) is 18.9 Å². The van der Waals surface area contributed by atoms with Gasteiger partial charge in [-0.25, -0.2) is 0 Å². The maximum absolute atomic E-state index is 12.9. The van der Waals surface area contributed by atoms with Crippen LogP contribution in [-0.2, 0) is 33.5 Å². The molecule has 1 heterocycles. The number of nitrogens with one attached hydrogen (secondary N) is 1. The Hall–Kier alpha value is -1.41. The molecule has 2 unspecified atom stereocenters. The Bertz CT molecular complexity index is 575. The third kappa shape index (κ3) is 3.67. The fraction of sp³-hybridized carbons (Fsp3) is 0.500. The van der Waals surface area contributed by atoms with Gasteiger partial charge in [-0.05, 0) is 41.2 Å². The Morgan fingerprint density at radius 3 is 2.73 bits per heavy atom. The molecule has 0 fully saturated rings. The fourth-order valence-corrected chi connectivity index (χ4v) is 3.25. The maximum atomic E-state index is 12.9. The zero-order valence-corrected chi connectivity index (χ0v) is 12.9. The molecule has 0 bridgehead atoms. The normalized spacial score (nSPS) is 19.1. The van der Waals surface area contributed by atoms with Crippen molar-refractivity contribution in [3.05, 3.63) is 23.3 Å². The van der Waals surface area contributed by atoms with Gasteiger partial charge in [-0.15, -0.1) is 0 Å². The zero-order chi connectivity index (χ0) is 16.5. The standard InChI is InChI=1S/C14H16F3NO3S/c1-21-12(19)7-8-5-9-3-4-11(14(15,16)17)18-13(9)10(6-8)22(2)20/h5-6,11,18H,3-4,7H2,1-2H3. The molecule has 0 radical (unpaired) electrons. The van der Waals surface area contributed by atoms with Crippen LogP contribution in [0.5, 0.6) is 0 Å². The lowest BCUT2D eigenvalue weighted by atomic mass is 9.95. The lowest BCUT2D eigenvalue weighted by Crippen LogP contribution is -2.39. The van der Waals surface area contributed by atoms with E-state index in [-0.39, 0.29) is 29.8 Å². The number of fused-ring (bicyclic) bond motifs is 1. The summed E-state index contributed by atoms with van der Waals surface area (Å²) in [6, 6.07) is 1.52. The van der Waals surface area contributed by atoms with Gasteiger partial charge >= 0.3 is 12.1 Å². The van der Waals surface area contributed by atoms with Crippen LogP contribution in [0.3, 0.4) is 0 Å². The van der Waals surface area contributed by atoms with Crippen LogP contribution in [0.15, 0.2) is 17.0 Å². The zero-order valence-electron chi connectivity index (χ0n) is 12.1. The first-order valence-corrected chi connectivity index (χ1v) is 8.17. The number of rotatable bonds is 3. The van der Waals surface area contributed by atoms with E-state index in [1.807, 2.05) is 0 Å². The van der Waals surface area contributed by atoms with Crippen molar-refractivity contribution >= 4 is 22.8 Å². The minimum Gasteiger partial charge on any atom is -0.612 e. The van der Waals surface area contributed by atoms with Crippen molar-refractivity contribution in [2.45, 2.75) is 36.4 Å². The molecule has 0 amide bonds. The van der Waals surface area contributed by atoms with E-state index in [4.69, 9.17) is 0 Å². The van der Waals surface area contributed by atoms with Crippen molar-refractivity contribution in [2.24, 2.45) is 0 Å². The Labute approximate surface area is 129 Å². The van der Waals surface area contributed by atoms with Crippen LogP contribution in [0.2, 0.25) is 0 Å². The summed E-state index contributed by atoms with van der Waals surface area (Å²) in [5.74, 6) is -0.454. The minimum absolute atomic E-state index is 0.00329. The predicted molar refractivity (Wildman–Crippen MR) is 76.3 cm³/mol. The second-order valence-electron chi connectivity index (χ2n) is 5.11. The summed E-state index contributed by atoms with van der Waals surface area (Å²) < 4.78 is 55.0. The molecule has 2 atom stereocenters. The predicted octanol–water partition coefficient (Wildman–Crippen LogP) is 2.43. The van der Waals surface area contributed by atoms with Gasteiger partial charge < -0.3 is 14.6 Å². The molecule has 8 heteroatoms. The van der Waals surface area contributed by atoms with Crippen molar-refractivity contribution in [3.63, 3.8) is 0 Å². The summed E-state index contributed by atoms with van der Waals surface area (Å²) in [4.78, 5) is 11.6. The van der Waals surface area contributed by atoms with E-state index < -0.39 is 29.4 Å². The molecule has 1 N–H and O–H groups in total. The van der Waals surface area contributed by atoms with Gasteiger partial charge in [-0.1, -0.05) is 6.07 Å². The summed E-state index contributed by atoms with van der Waals surface area (Å²) >= 11 is -1.47. The third-order valence-electron chi connectivity index (χ3n) is 3.55. The van der Waals surface area contributed by atoms with Crippen molar-refractivity contribution in [1.82, 2.24) is 0 Å². The van der Waals surface area contributed by atoms with E-state index in [1.165, 1.54) is 19.4 Å². The largest absolute Gasteiger partial charge is 0.612 e. The fourth-order valence-electron chi connectivity index (χ4n) is 2.46. The highest BCUT2D eigenvalue weighted by atomic mass is 32.2. The third-order valence-corrected chi connectivity index (χ3v) is 4.49. The molecule has 2 rings (SSSR count). The summed E-state index contributed by atoms with van der Waals surface area (Å²) in [6.45, 7) is 0. The molecule has 0 saturated carbocycles. The van der Waals surface area contributed by atoms with Gasteiger partial charge in [0.1, 0.15) is 12.3 Å². The van der Waals surface area contributed by atoms with Crippen LogP contribution >= 0.6 is 0 Å². The molecular formula is C14H16F3NO3S. The van der Waals surface area contributed by atoms with Gasteiger partial charge in [0.2, 0.25) is 0 Å². The SMILES string of the molecule is COC(=O)Cc1cc2c(c([S+](C)[O-])c1)NC(C(F)(F)F)CC2. The molecule has 1 aromatic carbocycles. The van der Waals surface area contributed by atoms with Gasteiger partial charge in [0.25, 0.3) is 0 Å². The number of hydrogen-bond donors (Lipinski definition) is 1. The molecule has 1 aromatic rings. The Balaban J connectivity index is 2.38. The first-order valence-electron chi connectivity index (χ1n) is 6.61. The summed E-state index contributed by atoms with van der Waals surface area (Å²) in [5, 5.41) is 2.45. The number of carbonyl (C=O) groups excluding carboxylic acids is 1. The van der Waals surface area contributed by atoms with Gasteiger partial charge in [0, 0.05) is 0 Å². The van der Waals surface area contributed by atoms with E-state index in [2.05, 4.69) is 10.1 Å². The maximum Gasteiger partial charge on any atom is 0.408 e. The molecule has 1 aliphatic heterocycles. The lowest BCUT2D eigenvalue weighted by molar-refractivity contribution is -0.144. The van der Waals surface area contributed by atoms with Crippen LogP contribution in [-0.4, -0.2) is 36.1 Å². The quantitative estimate of drug-likeness (QED) is 0.681. The first-order chi connectivity index (χ1) is 10.2. The summed E-state index contributed by atoms with van der Waals surface area (Å²) in [5.41, 5.74) is 1.50. The topological polar surface area (TPSA) is 61.4 Å². The van der Waals surface area contributed by atoms with Crippen molar-refractivity contribution in [3.8, 4) is 0 Å². The van der Waals surface area contributed by atoms with E-state index in [0.29, 0.717) is 11.1 Å². The molecule has 0 saturated heterocycles. The van der Waals surface area contributed by atoms with Crippen molar-refractivity contribution in [1.29, 1.82) is 0 Å². The van der Waals surface area contributed by atoms with Gasteiger partial charge in [-0.2, -0.15) is 13.2 Å². The van der Waals surface area contributed by atoms with Crippen LogP contribution in [0, 0.1) is 0 Å². The van der Waals surface area contributed by atoms with E-state index in [9.17, 15) is 22.5 Å². The molecule has 0 aromatic heterocycles. The lowest BCUT2D eigenvalue weighted by Gasteiger charge is -2.30. The van der Waals surface area contributed by atoms with E-state index >= 15 is 0 Å². The summed E-state index contributed by atoms with van der Waals surface area (Å²) in [7, 11) is 1.26. The molecule has 4 nitrogen and oxygen atoms in total. The first kappa shape index (κ1) is 17.0. The number of halogens is 3. The smallest absolute Gasteiger partial charge is 0.408 e. The average Bonchev–Trinajstić information content (AvgIpc) is 2.44. The van der Waals surface area contributed by atoms with E-state index in [0.717, 1.165) is 0 Å². The highest BCUT2D eigenvalue weighted by Gasteiger charge is 2.42. The number of esters is 1. The number of methoxy groups -OCH3 is 1. The van der Waals surface area contributed by atoms with Crippen LogP contribution < -0.4 is 5.32 Å². The number of hydrogen-bond acceptors (Lipinski definition) is 4. The molecule has 122 valence electrons. The Morgan fingerprint density at radius 2 is 2.18 bits per heavy atom. The van der Waals surface area contributed by atoms with Gasteiger partial charge in [0.05, 0.1) is 19.2 Å². The highest BCUT2D eigenvalue weighted by molar-refractivity contribution is 7.90. The molecule has 0 spiro atoms. The molecular weight excluding hydrogens is 319 g/mol. The van der Waals surface area contributed by atoms with Gasteiger partial charge in [-0.3, -0.25) is 4.79 Å². The number of ether oxygens (including phenoxy) is 1. The monoisotopic (exact) mass is 335 g/mol. The number of aryl methyl sites for hydroxylation is 1. The van der Waals surface area contributed by atoms with Gasteiger partial charge in [0.15, 0.2) is 4.90 Å². The van der Waals surface area contributed by atoms with Crippen LogP contribution in [0.25, 0.3) is 0 Å². The Kier molecular flexibility index (Phi) is 4.91. The molecule has 22 heavy (non-hydrogen) atoms. The molecule has 0 aliphatic carbocycles. The highest BCUT2D eigenvalue weighted by Crippen LogP contribution is 2.37. The molecule has 1 aliphatic rings. The van der Waals surface area contributed by atoms with Crippen molar-refractivity contribution in [2.75, 3.05) is 18.7 Å². The van der Waals surface area contributed by atoms with Crippen molar-refractivity contribution < 1.29 is 27.3 Å². The number of benzene rings is 1. The number of alkyl halides is 3. The minimum atomic E-state index is -4.35. The number of anilines is 1. The van der Waals surface area contributed by atoms with Crippen LogP contribution in [0.1, 0.15) is 17.5 Å².